The second-order valence-corrected chi connectivity index (χ2v) is 4.41. The third-order valence-corrected chi connectivity index (χ3v) is 3.09. The maximum absolute atomic E-state index is 11.1. The van der Waals surface area contributed by atoms with Gasteiger partial charge in [-0.25, -0.2) is 4.79 Å². The predicted molar refractivity (Wildman–Crippen MR) is 78.8 cm³/mol. The Balaban J connectivity index is 2.28. The summed E-state index contributed by atoms with van der Waals surface area (Å²) in [5, 5.41) is 9.12. The molecule has 0 atom stereocenters. The van der Waals surface area contributed by atoms with Crippen molar-refractivity contribution in [2.45, 2.75) is 13.5 Å². The predicted octanol–water partition coefficient (Wildman–Crippen LogP) is 2.39. The summed E-state index contributed by atoms with van der Waals surface area (Å²) in [7, 11) is 0. The number of nitrogens with two attached hydrogens (primary N) is 1. The Labute approximate surface area is 117 Å². The minimum atomic E-state index is -1.02. The summed E-state index contributed by atoms with van der Waals surface area (Å²) in [6.07, 6.45) is 1.74. The second kappa shape index (κ2) is 6.06. The molecule has 20 heavy (non-hydrogen) atoms. The highest BCUT2D eigenvalue weighted by molar-refractivity contribution is 5.94. The topological polar surface area (TPSA) is 79.5 Å². The number of carboxylic acids is 1. The molecule has 104 valence electrons. The van der Waals surface area contributed by atoms with Crippen molar-refractivity contribution in [3.8, 4) is 0 Å². The number of benzene rings is 1. The van der Waals surface area contributed by atoms with E-state index in [2.05, 4.69) is 4.98 Å². The van der Waals surface area contributed by atoms with Crippen LogP contribution in [0.3, 0.4) is 0 Å². The van der Waals surface area contributed by atoms with E-state index >= 15 is 0 Å². The van der Waals surface area contributed by atoms with Crippen LogP contribution in [0.2, 0.25) is 0 Å². The Morgan fingerprint density at radius 2 is 2.15 bits per heavy atom. The molecule has 0 radical (unpaired) electrons. The van der Waals surface area contributed by atoms with E-state index in [1.807, 2.05) is 36.1 Å². The number of anilines is 2. The SMILES string of the molecule is CCN(Cc1ccccn1)c1ccc(N)c(C(=O)O)c1. The highest BCUT2D eigenvalue weighted by Gasteiger charge is 2.12. The number of carbonyl (C=O) groups is 1. The zero-order valence-corrected chi connectivity index (χ0v) is 11.3. The summed E-state index contributed by atoms with van der Waals surface area (Å²) >= 11 is 0. The van der Waals surface area contributed by atoms with Crippen molar-refractivity contribution in [3.05, 3.63) is 53.9 Å². The van der Waals surface area contributed by atoms with Gasteiger partial charge in [0.25, 0.3) is 0 Å². The molecular formula is C15H17N3O2. The van der Waals surface area contributed by atoms with Crippen LogP contribution in [0.15, 0.2) is 42.6 Å². The number of aromatic carboxylic acids is 1. The number of pyridine rings is 1. The van der Waals surface area contributed by atoms with Gasteiger partial charge in [0.15, 0.2) is 0 Å². The molecule has 1 aromatic carbocycles. The van der Waals surface area contributed by atoms with Gasteiger partial charge in [-0.3, -0.25) is 4.98 Å². The van der Waals surface area contributed by atoms with Crippen molar-refractivity contribution in [1.29, 1.82) is 0 Å². The van der Waals surface area contributed by atoms with Gasteiger partial charge in [-0.05, 0) is 37.3 Å². The number of hydrogen-bond donors (Lipinski definition) is 2. The zero-order valence-electron chi connectivity index (χ0n) is 11.3. The number of hydrogen-bond acceptors (Lipinski definition) is 4. The summed E-state index contributed by atoms with van der Waals surface area (Å²) in [6.45, 7) is 3.39. The second-order valence-electron chi connectivity index (χ2n) is 4.41. The molecule has 3 N–H and O–H groups in total. The first-order valence-electron chi connectivity index (χ1n) is 6.39. The van der Waals surface area contributed by atoms with Crippen LogP contribution < -0.4 is 10.6 Å². The van der Waals surface area contributed by atoms with Gasteiger partial charge in [-0.15, -0.1) is 0 Å². The highest BCUT2D eigenvalue weighted by atomic mass is 16.4. The maximum Gasteiger partial charge on any atom is 0.337 e. The molecule has 0 saturated heterocycles. The van der Waals surface area contributed by atoms with Crippen LogP contribution in [0.25, 0.3) is 0 Å². The first kappa shape index (κ1) is 13.9. The van der Waals surface area contributed by atoms with Crippen LogP contribution in [-0.4, -0.2) is 22.6 Å². The van der Waals surface area contributed by atoms with Gasteiger partial charge in [0.05, 0.1) is 17.8 Å². The molecule has 0 aliphatic carbocycles. The quantitative estimate of drug-likeness (QED) is 0.816. The highest BCUT2D eigenvalue weighted by Crippen LogP contribution is 2.22. The van der Waals surface area contributed by atoms with Crippen LogP contribution in [0.1, 0.15) is 23.0 Å². The Morgan fingerprint density at radius 1 is 1.35 bits per heavy atom. The summed E-state index contributed by atoms with van der Waals surface area (Å²) in [4.78, 5) is 17.5. The molecule has 0 fully saturated rings. The molecule has 0 amide bonds. The van der Waals surface area contributed by atoms with Crippen molar-refractivity contribution >= 4 is 17.3 Å². The summed E-state index contributed by atoms with van der Waals surface area (Å²) in [5.74, 6) is -1.02. The molecule has 2 aromatic rings. The molecule has 0 aliphatic heterocycles. The van der Waals surface area contributed by atoms with Gasteiger partial charge in [-0.2, -0.15) is 0 Å². The average molecular weight is 271 g/mol. The molecule has 2 rings (SSSR count). The first-order valence-corrected chi connectivity index (χ1v) is 6.39. The Kier molecular flexibility index (Phi) is 4.20. The van der Waals surface area contributed by atoms with E-state index in [1.54, 1.807) is 18.3 Å². The lowest BCUT2D eigenvalue weighted by Gasteiger charge is -2.23. The summed E-state index contributed by atoms with van der Waals surface area (Å²) in [6, 6.07) is 10.8. The Hall–Kier alpha value is -2.56. The molecule has 0 spiro atoms. The van der Waals surface area contributed by atoms with E-state index in [4.69, 9.17) is 10.8 Å². The fourth-order valence-corrected chi connectivity index (χ4v) is 2.00. The molecule has 5 nitrogen and oxygen atoms in total. The third kappa shape index (κ3) is 3.06. The monoisotopic (exact) mass is 271 g/mol. The van der Waals surface area contributed by atoms with Crippen LogP contribution in [0, 0.1) is 0 Å². The van der Waals surface area contributed by atoms with Crippen molar-refractivity contribution in [3.63, 3.8) is 0 Å². The largest absolute Gasteiger partial charge is 0.478 e. The number of rotatable bonds is 5. The molecule has 0 aliphatic rings. The van der Waals surface area contributed by atoms with Crippen molar-refractivity contribution in [2.75, 3.05) is 17.2 Å². The summed E-state index contributed by atoms with van der Waals surface area (Å²) in [5.41, 5.74) is 7.83. The van der Waals surface area contributed by atoms with E-state index in [1.165, 1.54) is 0 Å². The lowest BCUT2D eigenvalue weighted by atomic mass is 10.1. The zero-order chi connectivity index (χ0) is 14.5. The minimum Gasteiger partial charge on any atom is -0.478 e. The lowest BCUT2D eigenvalue weighted by Crippen LogP contribution is -2.23. The molecular weight excluding hydrogens is 254 g/mol. The molecule has 0 unspecified atom stereocenters. The van der Waals surface area contributed by atoms with Crippen LogP contribution in [0.5, 0.6) is 0 Å². The fourth-order valence-electron chi connectivity index (χ4n) is 2.00. The van der Waals surface area contributed by atoms with Gasteiger partial charge in [-0.1, -0.05) is 6.07 Å². The van der Waals surface area contributed by atoms with Crippen LogP contribution in [0.4, 0.5) is 11.4 Å². The fraction of sp³-hybridized carbons (Fsp3) is 0.200. The van der Waals surface area contributed by atoms with Crippen LogP contribution in [-0.2, 0) is 6.54 Å². The Bertz CT molecular complexity index is 599. The van der Waals surface area contributed by atoms with Gasteiger partial charge in [0, 0.05) is 24.1 Å². The molecule has 5 heteroatoms. The number of nitrogen functional groups attached to an aromatic ring is 1. The number of carboxylic acid groups (broad SMARTS) is 1. The maximum atomic E-state index is 11.1. The van der Waals surface area contributed by atoms with Crippen molar-refractivity contribution < 1.29 is 9.90 Å². The van der Waals surface area contributed by atoms with E-state index in [0.29, 0.717) is 6.54 Å². The standard InChI is InChI=1S/C15H17N3O2/c1-2-18(10-11-5-3-4-8-17-11)12-6-7-14(16)13(9-12)15(19)20/h3-9H,2,10,16H2,1H3,(H,19,20). The van der Waals surface area contributed by atoms with Crippen LogP contribution >= 0.6 is 0 Å². The van der Waals surface area contributed by atoms with Crippen molar-refractivity contribution in [1.82, 2.24) is 4.98 Å². The average Bonchev–Trinajstić information content (AvgIpc) is 2.46. The van der Waals surface area contributed by atoms with Gasteiger partial charge in [0.2, 0.25) is 0 Å². The Morgan fingerprint density at radius 3 is 2.75 bits per heavy atom. The van der Waals surface area contributed by atoms with E-state index in [9.17, 15) is 4.79 Å². The smallest absolute Gasteiger partial charge is 0.337 e. The van der Waals surface area contributed by atoms with Gasteiger partial charge in [0.1, 0.15) is 0 Å². The third-order valence-electron chi connectivity index (χ3n) is 3.09. The normalized spacial score (nSPS) is 10.2. The molecule has 1 heterocycles. The van der Waals surface area contributed by atoms with Gasteiger partial charge >= 0.3 is 5.97 Å². The van der Waals surface area contributed by atoms with Crippen molar-refractivity contribution in [2.24, 2.45) is 0 Å². The van der Waals surface area contributed by atoms with E-state index in [-0.39, 0.29) is 11.3 Å². The molecule has 1 aromatic heterocycles. The van der Waals surface area contributed by atoms with Gasteiger partial charge < -0.3 is 15.7 Å². The van der Waals surface area contributed by atoms with E-state index in [0.717, 1.165) is 17.9 Å². The number of nitrogens with zero attached hydrogens (tertiary/aromatic N) is 2. The minimum absolute atomic E-state index is 0.127. The summed E-state index contributed by atoms with van der Waals surface area (Å²) < 4.78 is 0. The first-order chi connectivity index (χ1) is 9.61. The lowest BCUT2D eigenvalue weighted by molar-refractivity contribution is 0.0698. The van der Waals surface area contributed by atoms with E-state index < -0.39 is 5.97 Å². The molecule has 0 saturated carbocycles. The molecule has 0 bridgehead atoms. The number of aromatic nitrogens is 1.